The molecule has 0 aromatic heterocycles. The first kappa shape index (κ1) is 15.5. The Hall–Kier alpha value is -0.860. The fourth-order valence-electron chi connectivity index (χ4n) is 2.83. The molecule has 1 N–H and O–H groups in total. The quantitative estimate of drug-likeness (QED) is 0.758. The van der Waals surface area contributed by atoms with Crippen LogP contribution in [-0.4, -0.2) is 19.8 Å². The lowest BCUT2D eigenvalue weighted by Crippen LogP contribution is -2.26. The van der Waals surface area contributed by atoms with E-state index in [1.165, 1.54) is 30.4 Å². The highest BCUT2D eigenvalue weighted by Gasteiger charge is 2.20. The van der Waals surface area contributed by atoms with Gasteiger partial charge in [0.15, 0.2) is 0 Å². The van der Waals surface area contributed by atoms with Crippen LogP contribution in [0.15, 0.2) is 24.3 Å². The first-order valence-electron chi connectivity index (χ1n) is 8.10. The van der Waals surface area contributed by atoms with E-state index in [0.29, 0.717) is 6.04 Å². The van der Waals surface area contributed by atoms with Gasteiger partial charge in [-0.1, -0.05) is 37.6 Å². The minimum atomic E-state index is 0.288. The average molecular weight is 275 g/mol. The van der Waals surface area contributed by atoms with Crippen molar-refractivity contribution in [3.05, 3.63) is 35.4 Å². The molecule has 2 unspecified atom stereocenters. The molecule has 20 heavy (non-hydrogen) atoms. The van der Waals surface area contributed by atoms with Crippen molar-refractivity contribution in [3.8, 4) is 0 Å². The van der Waals surface area contributed by atoms with Gasteiger partial charge < -0.3 is 10.1 Å². The minimum absolute atomic E-state index is 0.288. The summed E-state index contributed by atoms with van der Waals surface area (Å²) in [7, 11) is 1.79. The zero-order chi connectivity index (χ0) is 14.4. The summed E-state index contributed by atoms with van der Waals surface area (Å²) in [5.74, 6) is 0.823. The van der Waals surface area contributed by atoms with E-state index in [9.17, 15) is 0 Å². The molecule has 1 aromatic rings. The maximum Gasteiger partial charge on any atom is 0.0561 e. The van der Waals surface area contributed by atoms with E-state index in [1.807, 2.05) is 0 Å². The van der Waals surface area contributed by atoms with Crippen molar-refractivity contribution in [1.82, 2.24) is 5.32 Å². The Morgan fingerprint density at radius 2 is 1.95 bits per heavy atom. The van der Waals surface area contributed by atoms with Crippen LogP contribution in [0.1, 0.15) is 69.0 Å². The molecular formula is C18H29NO. The zero-order valence-corrected chi connectivity index (χ0v) is 13.2. The molecule has 0 aliphatic heterocycles. The number of hydrogen-bond donors (Lipinski definition) is 1. The molecular weight excluding hydrogens is 246 g/mol. The minimum Gasteiger partial charge on any atom is -0.382 e. The number of methoxy groups -OCH3 is 1. The highest BCUT2D eigenvalue weighted by molar-refractivity contribution is 5.28. The van der Waals surface area contributed by atoms with Gasteiger partial charge in [-0.05, 0) is 56.2 Å². The van der Waals surface area contributed by atoms with Crippen molar-refractivity contribution in [3.63, 3.8) is 0 Å². The number of ether oxygens (including phenoxy) is 1. The van der Waals surface area contributed by atoms with Gasteiger partial charge in [-0.3, -0.25) is 0 Å². The Labute approximate surface area is 123 Å². The molecule has 2 nitrogen and oxygen atoms in total. The average Bonchev–Trinajstić information content (AvgIpc) is 2.42. The van der Waals surface area contributed by atoms with Gasteiger partial charge in [0, 0.05) is 13.2 Å². The monoisotopic (exact) mass is 275 g/mol. The van der Waals surface area contributed by atoms with Crippen molar-refractivity contribution in [2.45, 2.75) is 64.0 Å². The van der Waals surface area contributed by atoms with Gasteiger partial charge in [-0.25, -0.2) is 0 Å². The smallest absolute Gasteiger partial charge is 0.0561 e. The Morgan fingerprint density at radius 1 is 1.25 bits per heavy atom. The molecule has 0 spiro atoms. The van der Waals surface area contributed by atoms with Crippen LogP contribution < -0.4 is 5.32 Å². The van der Waals surface area contributed by atoms with E-state index >= 15 is 0 Å². The molecule has 0 heterocycles. The van der Waals surface area contributed by atoms with E-state index in [-0.39, 0.29) is 6.10 Å². The summed E-state index contributed by atoms with van der Waals surface area (Å²) in [4.78, 5) is 0. The summed E-state index contributed by atoms with van der Waals surface area (Å²) < 4.78 is 5.43. The van der Waals surface area contributed by atoms with E-state index in [1.54, 1.807) is 7.11 Å². The molecule has 2 rings (SSSR count). The van der Waals surface area contributed by atoms with Crippen LogP contribution >= 0.6 is 0 Å². The Kier molecular flexibility index (Phi) is 6.06. The molecule has 1 aliphatic rings. The van der Waals surface area contributed by atoms with Crippen LogP contribution in [0.3, 0.4) is 0 Å². The van der Waals surface area contributed by atoms with Crippen LogP contribution in [0, 0.1) is 0 Å². The maximum atomic E-state index is 5.43. The summed E-state index contributed by atoms with van der Waals surface area (Å²) in [6.07, 6.45) is 6.63. The highest BCUT2D eigenvalue weighted by atomic mass is 16.5. The molecule has 2 atom stereocenters. The predicted molar refractivity (Wildman–Crippen MR) is 85.2 cm³/mol. The molecule has 0 bridgehead atoms. The van der Waals surface area contributed by atoms with Crippen LogP contribution in [0.2, 0.25) is 0 Å². The summed E-state index contributed by atoms with van der Waals surface area (Å²) in [6, 6.07) is 9.68. The first-order chi connectivity index (χ1) is 9.74. The fourth-order valence-corrected chi connectivity index (χ4v) is 2.83. The lowest BCUT2D eigenvalue weighted by atomic mass is 9.79. The van der Waals surface area contributed by atoms with Gasteiger partial charge in [-0.2, -0.15) is 0 Å². The zero-order valence-electron chi connectivity index (χ0n) is 13.2. The third kappa shape index (κ3) is 4.07. The van der Waals surface area contributed by atoms with E-state index in [0.717, 1.165) is 25.3 Å². The molecule has 2 heteroatoms. The lowest BCUT2D eigenvalue weighted by molar-refractivity contribution is 0.100. The largest absolute Gasteiger partial charge is 0.382 e. The van der Waals surface area contributed by atoms with E-state index in [2.05, 4.69) is 43.4 Å². The van der Waals surface area contributed by atoms with Crippen molar-refractivity contribution in [2.24, 2.45) is 0 Å². The van der Waals surface area contributed by atoms with Crippen LogP contribution in [0.5, 0.6) is 0 Å². The molecule has 1 fully saturated rings. The third-order valence-corrected chi connectivity index (χ3v) is 4.53. The van der Waals surface area contributed by atoms with Crippen molar-refractivity contribution in [1.29, 1.82) is 0 Å². The second-order valence-electron chi connectivity index (χ2n) is 6.08. The normalized spacial score (nSPS) is 18.6. The molecule has 0 radical (unpaired) electrons. The fraction of sp³-hybridized carbons (Fsp3) is 0.667. The second-order valence-corrected chi connectivity index (χ2v) is 6.08. The van der Waals surface area contributed by atoms with Crippen LogP contribution in [-0.2, 0) is 4.74 Å². The van der Waals surface area contributed by atoms with Gasteiger partial charge >= 0.3 is 0 Å². The summed E-state index contributed by atoms with van der Waals surface area (Å²) in [5, 5.41) is 3.65. The molecule has 112 valence electrons. The number of rotatable bonds is 8. The van der Waals surface area contributed by atoms with Gasteiger partial charge in [-0.15, -0.1) is 0 Å². The van der Waals surface area contributed by atoms with Crippen LogP contribution in [0.25, 0.3) is 0 Å². The highest BCUT2D eigenvalue weighted by Crippen LogP contribution is 2.36. The van der Waals surface area contributed by atoms with Crippen LogP contribution in [0.4, 0.5) is 0 Å². The standard InChI is InChI=1S/C18H29NO/c1-4-12-19-18(13-14(2)20-3)17-10-8-16(9-11-17)15-6-5-7-15/h8-11,14-15,18-19H,4-7,12-13H2,1-3H3. The van der Waals surface area contributed by atoms with Gasteiger partial charge in [0.2, 0.25) is 0 Å². The third-order valence-electron chi connectivity index (χ3n) is 4.53. The molecule has 1 saturated carbocycles. The summed E-state index contributed by atoms with van der Waals surface area (Å²) >= 11 is 0. The van der Waals surface area contributed by atoms with E-state index < -0.39 is 0 Å². The first-order valence-corrected chi connectivity index (χ1v) is 8.10. The molecule has 1 aromatic carbocycles. The summed E-state index contributed by atoms with van der Waals surface area (Å²) in [6.45, 7) is 5.42. The lowest BCUT2D eigenvalue weighted by Gasteiger charge is -2.27. The Bertz CT molecular complexity index is 383. The van der Waals surface area contributed by atoms with Crippen molar-refractivity contribution >= 4 is 0 Å². The molecule has 0 amide bonds. The number of nitrogens with one attached hydrogen (secondary N) is 1. The SMILES string of the molecule is CCCNC(CC(C)OC)c1ccc(C2CCC2)cc1. The number of benzene rings is 1. The molecule has 1 aliphatic carbocycles. The van der Waals surface area contributed by atoms with Gasteiger partial charge in [0.1, 0.15) is 0 Å². The van der Waals surface area contributed by atoms with Gasteiger partial charge in [0.05, 0.1) is 6.10 Å². The van der Waals surface area contributed by atoms with Crippen molar-refractivity contribution < 1.29 is 4.74 Å². The topological polar surface area (TPSA) is 21.3 Å². The molecule has 0 saturated heterocycles. The second kappa shape index (κ2) is 7.80. The Balaban J connectivity index is 2.02. The summed E-state index contributed by atoms with van der Waals surface area (Å²) in [5.41, 5.74) is 2.92. The van der Waals surface area contributed by atoms with E-state index in [4.69, 9.17) is 4.74 Å². The maximum absolute atomic E-state index is 5.43. The predicted octanol–water partition coefficient (Wildman–Crippen LogP) is 4.42. The number of hydrogen-bond acceptors (Lipinski definition) is 2. The Morgan fingerprint density at radius 3 is 2.45 bits per heavy atom. The van der Waals surface area contributed by atoms with Crippen molar-refractivity contribution in [2.75, 3.05) is 13.7 Å². The van der Waals surface area contributed by atoms with Gasteiger partial charge in [0.25, 0.3) is 0 Å².